The summed E-state index contributed by atoms with van der Waals surface area (Å²) in [6.45, 7) is 5.01. The van der Waals surface area contributed by atoms with Crippen LogP contribution in [0.1, 0.15) is 32.3 Å². The number of nitrogens with one attached hydrogen (secondary N) is 1. The minimum Gasteiger partial charge on any atom is -0.496 e. The number of rotatable bonds is 9. The summed E-state index contributed by atoms with van der Waals surface area (Å²) in [6.07, 6.45) is 3.39. The molecule has 1 N–H and O–H groups in total. The first kappa shape index (κ1) is 16.0. The molecule has 0 spiro atoms. The van der Waals surface area contributed by atoms with E-state index in [-0.39, 0.29) is 6.10 Å². The molecule has 3 nitrogen and oxygen atoms in total. The third kappa shape index (κ3) is 4.84. The van der Waals surface area contributed by atoms with Crippen LogP contribution in [0.3, 0.4) is 0 Å². The first-order chi connectivity index (χ1) is 9.26. The molecule has 0 aromatic heterocycles. The van der Waals surface area contributed by atoms with Gasteiger partial charge in [-0.3, -0.25) is 0 Å². The highest BCUT2D eigenvalue weighted by molar-refractivity contribution is 5.34. The van der Waals surface area contributed by atoms with E-state index < -0.39 is 0 Å². The van der Waals surface area contributed by atoms with Gasteiger partial charge in [0.1, 0.15) is 5.75 Å². The zero-order valence-electron chi connectivity index (χ0n) is 12.6. The first-order valence-corrected chi connectivity index (χ1v) is 7.17. The van der Waals surface area contributed by atoms with Gasteiger partial charge < -0.3 is 14.8 Å². The van der Waals surface area contributed by atoms with Crippen molar-refractivity contribution >= 4 is 0 Å². The Balaban J connectivity index is 2.78. The van der Waals surface area contributed by atoms with E-state index in [4.69, 9.17) is 9.47 Å². The molecule has 1 rings (SSSR count). The van der Waals surface area contributed by atoms with E-state index in [9.17, 15) is 0 Å². The molecule has 2 atom stereocenters. The van der Waals surface area contributed by atoms with Crippen LogP contribution in [-0.2, 0) is 11.2 Å². The van der Waals surface area contributed by atoms with Crippen LogP contribution in [0.15, 0.2) is 24.3 Å². The number of ether oxygens (including phenoxy) is 2. The Morgan fingerprint density at radius 2 is 1.95 bits per heavy atom. The summed E-state index contributed by atoms with van der Waals surface area (Å²) in [7, 11) is 3.72. The highest BCUT2D eigenvalue weighted by atomic mass is 16.5. The Hall–Kier alpha value is -1.06. The molecule has 0 radical (unpaired) electrons. The van der Waals surface area contributed by atoms with Crippen LogP contribution in [0.5, 0.6) is 5.75 Å². The molecule has 2 unspecified atom stereocenters. The molecule has 0 saturated heterocycles. The molecular weight excluding hydrogens is 238 g/mol. The van der Waals surface area contributed by atoms with Crippen LogP contribution in [0, 0.1) is 0 Å². The van der Waals surface area contributed by atoms with Crippen LogP contribution in [0.2, 0.25) is 0 Å². The van der Waals surface area contributed by atoms with Crippen LogP contribution < -0.4 is 10.1 Å². The van der Waals surface area contributed by atoms with Crippen molar-refractivity contribution in [3.63, 3.8) is 0 Å². The largest absolute Gasteiger partial charge is 0.496 e. The van der Waals surface area contributed by atoms with Crippen LogP contribution in [0.4, 0.5) is 0 Å². The highest BCUT2D eigenvalue weighted by Gasteiger charge is 2.21. The van der Waals surface area contributed by atoms with Crippen molar-refractivity contribution < 1.29 is 9.47 Å². The van der Waals surface area contributed by atoms with E-state index >= 15 is 0 Å². The van der Waals surface area contributed by atoms with Crippen LogP contribution >= 0.6 is 0 Å². The van der Waals surface area contributed by atoms with Gasteiger partial charge in [0, 0.05) is 12.6 Å². The summed E-state index contributed by atoms with van der Waals surface area (Å²) in [5.74, 6) is 0.953. The Morgan fingerprint density at radius 3 is 2.53 bits per heavy atom. The average Bonchev–Trinajstić information content (AvgIpc) is 2.45. The van der Waals surface area contributed by atoms with Crippen molar-refractivity contribution in [2.75, 3.05) is 20.8 Å². The van der Waals surface area contributed by atoms with Gasteiger partial charge in [-0.15, -0.1) is 0 Å². The predicted molar refractivity (Wildman–Crippen MR) is 79.9 cm³/mol. The second kappa shape index (κ2) is 8.94. The summed E-state index contributed by atoms with van der Waals surface area (Å²) >= 11 is 0. The van der Waals surface area contributed by atoms with Gasteiger partial charge in [0.15, 0.2) is 0 Å². The van der Waals surface area contributed by atoms with Gasteiger partial charge in [0.25, 0.3) is 0 Å². The molecule has 3 heteroatoms. The van der Waals surface area contributed by atoms with Crippen molar-refractivity contribution in [1.82, 2.24) is 5.32 Å². The molecule has 0 heterocycles. The number of para-hydroxylation sites is 1. The van der Waals surface area contributed by atoms with Gasteiger partial charge in [-0.25, -0.2) is 0 Å². The number of likely N-dealkylation sites (N-methyl/N-ethyl adjacent to an activating group) is 1. The van der Waals surface area contributed by atoms with E-state index in [1.807, 2.05) is 19.2 Å². The van der Waals surface area contributed by atoms with Gasteiger partial charge in [0.2, 0.25) is 0 Å². The summed E-state index contributed by atoms with van der Waals surface area (Å²) in [4.78, 5) is 0. The molecular formula is C16H27NO2. The van der Waals surface area contributed by atoms with Crippen molar-refractivity contribution in [2.45, 2.75) is 45.3 Å². The fraction of sp³-hybridized carbons (Fsp3) is 0.625. The van der Waals surface area contributed by atoms with Gasteiger partial charge in [0.05, 0.1) is 13.2 Å². The summed E-state index contributed by atoms with van der Waals surface area (Å²) in [6, 6.07) is 8.51. The summed E-state index contributed by atoms with van der Waals surface area (Å²) < 4.78 is 11.3. The monoisotopic (exact) mass is 265 g/mol. The highest BCUT2D eigenvalue weighted by Crippen LogP contribution is 2.21. The third-order valence-corrected chi connectivity index (χ3v) is 3.41. The lowest BCUT2D eigenvalue weighted by Crippen LogP contribution is -2.41. The SMILES string of the molecule is CCCC(OCC)C(Cc1ccccc1OC)NC. The van der Waals surface area contributed by atoms with Crippen molar-refractivity contribution in [3.8, 4) is 5.75 Å². The van der Waals surface area contributed by atoms with Gasteiger partial charge in [-0.1, -0.05) is 31.5 Å². The van der Waals surface area contributed by atoms with Gasteiger partial charge in [-0.2, -0.15) is 0 Å². The molecule has 0 amide bonds. The fourth-order valence-corrected chi connectivity index (χ4v) is 2.43. The molecule has 0 aliphatic rings. The van der Waals surface area contributed by atoms with Gasteiger partial charge in [-0.05, 0) is 38.4 Å². The number of hydrogen-bond donors (Lipinski definition) is 1. The quantitative estimate of drug-likeness (QED) is 0.744. The molecule has 108 valence electrons. The number of benzene rings is 1. The van der Waals surface area contributed by atoms with Crippen LogP contribution in [0.25, 0.3) is 0 Å². The molecule has 1 aromatic rings. The zero-order valence-corrected chi connectivity index (χ0v) is 12.6. The Kier molecular flexibility index (Phi) is 7.53. The fourth-order valence-electron chi connectivity index (χ4n) is 2.43. The molecule has 0 aliphatic carbocycles. The van der Waals surface area contributed by atoms with E-state index in [0.717, 1.165) is 31.6 Å². The van der Waals surface area contributed by atoms with E-state index in [2.05, 4.69) is 31.3 Å². The molecule has 0 aliphatic heterocycles. The van der Waals surface area contributed by atoms with Crippen molar-refractivity contribution in [2.24, 2.45) is 0 Å². The van der Waals surface area contributed by atoms with E-state index in [0.29, 0.717) is 6.04 Å². The molecule has 1 aromatic carbocycles. The first-order valence-electron chi connectivity index (χ1n) is 7.17. The second-order valence-corrected chi connectivity index (χ2v) is 4.69. The van der Waals surface area contributed by atoms with E-state index in [1.165, 1.54) is 5.56 Å². The smallest absolute Gasteiger partial charge is 0.122 e. The molecule has 0 bridgehead atoms. The minimum atomic E-state index is 0.255. The number of methoxy groups -OCH3 is 1. The Labute approximate surface area is 117 Å². The summed E-state index contributed by atoms with van der Waals surface area (Å²) in [5, 5.41) is 3.39. The van der Waals surface area contributed by atoms with Gasteiger partial charge >= 0.3 is 0 Å². The minimum absolute atomic E-state index is 0.255. The maximum atomic E-state index is 5.88. The standard InChI is InChI=1S/C16H27NO2/c1-5-9-16(19-6-2)14(17-3)12-13-10-7-8-11-15(13)18-4/h7-8,10-11,14,16-17H,5-6,9,12H2,1-4H3. The van der Waals surface area contributed by atoms with E-state index in [1.54, 1.807) is 7.11 Å². The van der Waals surface area contributed by atoms with Crippen molar-refractivity contribution in [3.05, 3.63) is 29.8 Å². The molecule has 0 fully saturated rings. The topological polar surface area (TPSA) is 30.5 Å². The predicted octanol–water partition coefficient (Wildman–Crippen LogP) is 3.03. The lowest BCUT2D eigenvalue weighted by atomic mass is 9.97. The molecule has 19 heavy (non-hydrogen) atoms. The third-order valence-electron chi connectivity index (χ3n) is 3.41. The second-order valence-electron chi connectivity index (χ2n) is 4.69. The maximum Gasteiger partial charge on any atom is 0.122 e. The average molecular weight is 265 g/mol. The lowest BCUT2D eigenvalue weighted by molar-refractivity contribution is 0.0300. The van der Waals surface area contributed by atoms with Crippen molar-refractivity contribution in [1.29, 1.82) is 0 Å². The lowest BCUT2D eigenvalue weighted by Gasteiger charge is -2.27. The Bertz CT molecular complexity index is 348. The number of hydrogen-bond acceptors (Lipinski definition) is 3. The zero-order chi connectivity index (χ0) is 14.1. The van der Waals surface area contributed by atoms with Crippen LogP contribution in [-0.4, -0.2) is 32.9 Å². The molecule has 0 saturated carbocycles. The maximum absolute atomic E-state index is 5.88. The summed E-state index contributed by atoms with van der Waals surface area (Å²) in [5.41, 5.74) is 1.23. The normalized spacial score (nSPS) is 14.1. The Morgan fingerprint density at radius 1 is 1.21 bits per heavy atom.